The number of nitrogens with two attached hydrogens (primary N) is 1. The largest absolute Gasteiger partial charge is 0.353 e. The Hall–Kier alpha value is -1.49. The zero-order chi connectivity index (χ0) is 15.0. The molecule has 0 bridgehead atoms. The van der Waals surface area contributed by atoms with E-state index in [2.05, 4.69) is 5.32 Å². The van der Waals surface area contributed by atoms with Crippen LogP contribution in [-0.2, 0) is 4.79 Å². The van der Waals surface area contributed by atoms with Crippen LogP contribution in [0.2, 0.25) is 0 Å². The van der Waals surface area contributed by atoms with E-state index in [4.69, 9.17) is 5.73 Å². The van der Waals surface area contributed by atoms with Crippen LogP contribution in [0.5, 0.6) is 0 Å². The minimum absolute atomic E-state index is 0.0378. The van der Waals surface area contributed by atoms with Gasteiger partial charge in [-0.05, 0) is 49.7 Å². The topological polar surface area (TPSA) is 55.1 Å². The lowest BCUT2D eigenvalue weighted by Gasteiger charge is -2.26. The Morgan fingerprint density at radius 1 is 1.19 bits per heavy atom. The molecule has 1 aromatic carbocycles. The fourth-order valence-corrected chi connectivity index (χ4v) is 3.21. The van der Waals surface area contributed by atoms with Crippen LogP contribution in [0.25, 0.3) is 0 Å². The van der Waals surface area contributed by atoms with Crippen molar-refractivity contribution in [2.24, 2.45) is 11.7 Å². The summed E-state index contributed by atoms with van der Waals surface area (Å²) >= 11 is 0. The van der Waals surface area contributed by atoms with Gasteiger partial charge < -0.3 is 11.1 Å². The highest BCUT2D eigenvalue weighted by molar-refractivity contribution is 5.83. The molecule has 1 aromatic rings. The lowest BCUT2D eigenvalue weighted by molar-refractivity contribution is -0.123. The van der Waals surface area contributed by atoms with Crippen molar-refractivity contribution in [2.45, 2.75) is 50.1 Å². The third-order valence-corrected chi connectivity index (χ3v) is 4.63. The molecule has 3 rings (SSSR count). The van der Waals surface area contributed by atoms with Gasteiger partial charge >= 0.3 is 0 Å². The van der Waals surface area contributed by atoms with Gasteiger partial charge in [0, 0.05) is 18.0 Å². The summed E-state index contributed by atoms with van der Waals surface area (Å²) in [5.41, 5.74) is 6.16. The van der Waals surface area contributed by atoms with Gasteiger partial charge in [-0.25, -0.2) is 8.78 Å². The average molecular weight is 294 g/mol. The van der Waals surface area contributed by atoms with Crippen molar-refractivity contribution < 1.29 is 13.6 Å². The molecule has 3 N–H and O–H groups in total. The van der Waals surface area contributed by atoms with E-state index in [9.17, 15) is 13.6 Å². The van der Waals surface area contributed by atoms with Crippen molar-refractivity contribution in [2.75, 3.05) is 0 Å². The van der Waals surface area contributed by atoms with E-state index in [1.807, 2.05) is 0 Å². The normalized spacial score (nSPS) is 31.8. The Kier molecular flexibility index (Phi) is 3.93. The molecule has 2 fully saturated rings. The first kappa shape index (κ1) is 14.4. The lowest BCUT2D eigenvalue weighted by Crippen LogP contribution is -2.41. The number of hydrogen-bond acceptors (Lipinski definition) is 2. The Labute approximate surface area is 122 Å². The van der Waals surface area contributed by atoms with Crippen LogP contribution in [0, 0.1) is 17.6 Å². The van der Waals surface area contributed by atoms with Gasteiger partial charge in [0.15, 0.2) is 11.6 Å². The number of halogens is 2. The fourth-order valence-electron chi connectivity index (χ4n) is 3.21. The van der Waals surface area contributed by atoms with Crippen LogP contribution in [0.15, 0.2) is 18.2 Å². The molecule has 1 amide bonds. The fraction of sp³-hybridized carbons (Fsp3) is 0.562. The molecular weight excluding hydrogens is 274 g/mol. The van der Waals surface area contributed by atoms with Crippen LogP contribution in [-0.4, -0.2) is 18.0 Å². The second-order valence-electron chi connectivity index (χ2n) is 6.21. The second-order valence-corrected chi connectivity index (χ2v) is 6.21. The SMILES string of the molecule is NC1CCC(NC(=O)C2CC2c2cccc(F)c2F)CC1. The summed E-state index contributed by atoms with van der Waals surface area (Å²) in [6.45, 7) is 0. The van der Waals surface area contributed by atoms with E-state index in [1.54, 1.807) is 6.07 Å². The van der Waals surface area contributed by atoms with Gasteiger partial charge in [0.25, 0.3) is 0 Å². The van der Waals surface area contributed by atoms with Crippen LogP contribution in [0.1, 0.15) is 43.6 Å². The van der Waals surface area contributed by atoms with Crippen molar-refractivity contribution in [3.8, 4) is 0 Å². The first-order chi connectivity index (χ1) is 10.1. The number of carbonyl (C=O) groups excluding carboxylic acids is 1. The quantitative estimate of drug-likeness (QED) is 0.899. The van der Waals surface area contributed by atoms with E-state index in [0.29, 0.717) is 12.0 Å². The molecule has 0 spiro atoms. The first-order valence-corrected chi connectivity index (χ1v) is 7.56. The molecule has 2 atom stereocenters. The van der Waals surface area contributed by atoms with Gasteiger partial charge in [-0.15, -0.1) is 0 Å². The summed E-state index contributed by atoms with van der Waals surface area (Å²) in [5, 5.41) is 3.02. The highest BCUT2D eigenvalue weighted by Crippen LogP contribution is 2.48. The Balaban J connectivity index is 1.57. The third kappa shape index (κ3) is 3.07. The molecule has 5 heteroatoms. The molecule has 3 nitrogen and oxygen atoms in total. The summed E-state index contributed by atoms with van der Waals surface area (Å²) in [7, 11) is 0. The smallest absolute Gasteiger partial charge is 0.223 e. The maximum atomic E-state index is 13.7. The van der Waals surface area contributed by atoms with Crippen LogP contribution < -0.4 is 11.1 Å². The molecular formula is C16H20F2N2O. The number of carbonyl (C=O) groups is 1. The van der Waals surface area contributed by atoms with Crippen LogP contribution in [0.4, 0.5) is 8.78 Å². The molecule has 21 heavy (non-hydrogen) atoms. The van der Waals surface area contributed by atoms with Gasteiger partial charge in [-0.3, -0.25) is 4.79 Å². The van der Waals surface area contributed by atoms with Crippen molar-refractivity contribution >= 4 is 5.91 Å². The van der Waals surface area contributed by atoms with Crippen molar-refractivity contribution in [3.05, 3.63) is 35.4 Å². The van der Waals surface area contributed by atoms with Gasteiger partial charge in [0.1, 0.15) is 0 Å². The average Bonchev–Trinajstić information content (AvgIpc) is 3.25. The predicted molar refractivity (Wildman–Crippen MR) is 75.6 cm³/mol. The van der Waals surface area contributed by atoms with E-state index in [1.165, 1.54) is 6.07 Å². The van der Waals surface area contributed by atoms with Gasteiger partial charge in [-0.1, -0.05) is 12.1 Å². The van der Waals surface area contributed by atoms with Crippen molar-refractivity contribution in [1.82, 2.24) is 5.32 Å². The zero-order valence-electron chi connectivity index (χ0n) is 11.8. The number of benzene rings is 1. The zero-order valence-corrected chi connectivity index (χ0v) is 11.8. The highest BCUT2D eigenvalue weighted by Gasteiger charge is 2.46. The standard InChI is InChI=1S/C16H20F2N2O/c17-14-3-1-2-11(15(14)18)12-8-13(12)16(21)20-10-6-4-9(19)5-7-10/h1-3,9-10,12-13H,4-8,19H2,(H,20,21). The summed E-state index contributed by atoms with van der Waals surface area (Å²) in [6, 6.07) is 4.57. The van der Waals surface area contributed by atoms with E-state index < -0.39 is 11.6 Å². The summed E-state index contributed by atoms with van der Waals surface area (Å²) in [5.74, 6) is -2.12. The number of rotatable bonds is 3. The molecule has 0 radical (unpaired) electrons. The van der Waals surface area contributed by atoms with Crippen LogP contribution >= 0.6 is 0 Å². The summed E-state index contributed by atoms with van der Waals surface area (Å²) in [6.07, 6.45) is 4.25. The first-order valence-electron chi connectivity index (χ1n) is 7.56. The van der Waals surface area contributed by atoms with Gasteiger partial charge in [-0.2, -0.15) is 0 Å². The Morgan fingerprint density at radius 3 is 2.62 bits per heavy atom. The Morgan fingerprint density at radius 2 is 1.90 bits per heavy atom. The molecule has 0 saturated heterocycles. The van der Waals surface area contributed by atoms with Gasteiger partial charge in [0.2, 0.25) is 5.91 Å². The highest BCUT2D eigenvalue weighted by atomic mass is 19.2. The second kappa shape index (κ2) is 5.72. The van der Waals surface area contributed by atoms with Crippen molar-refractivity contribution in [3.63, 3.8) is 0 Å². The van der Waals surface area contributed by atoms with Crippen molar-refractivity contribution in [1.29, 1.82) is 0 Å². The van der Waals surface area contributed by atoms with Gasteiger partial charge in [0.05, 0.1) is 0 Å². The molecule has 2 saturated carbocycles. The number of nitrogens with one attached hydrogen (secondary N) is 1. The molecule has 2 aliphatic rings. The molecule has 114 valence electrons. The molecule has 0 aromatic heterocycles. The summed E-state index contributed by atoms with van der Waals surface area (Å²) in [4.78, 5) is 12.2. The Bertz CT molecular complexity index is 541. The lowest BCUT2D eigenvalue weighted by atomic mass is 9.91. The molecule has 0 heterocycles. The summed E-state index contributed by atoms with van der Waals surface area (Å²) < 4.78 is 26.9. The maximum Gasteiger partial charge on any atom is 0.223 e. The van der Waals surface area contributed by atoms with Crippen LogP contribution in [0.3, 0.4) is 0 Å². The minimum Gasteiger partial charge on any atom is -0.353 e. The third-order valence-electron chi connectivity index (χ3n) is 4.63. The van der Waals surface area contributed by atoms with E-state index in [0.717, 1.165) is 31.7 Å². The maximum absolute atomic E-state index is 13.7. The van der Waals surface area contributed by atoms with E-state index in [-0.39, 0.29) is 29.8 Å². The predicted octanol–water partition coefficient (Wildman–Crippen LogP) is 2.45. The monoisotopic (exact) mass is 294 g/mol. The number of hydrogen-bond donors (Lipinski definition) is 2. The number of amides is 1. The minimum atomic E-state index is -0.847. The molecule has 2 unspecified atom stereocenters. The molecule has 2 aliphatic carbocycles. The van der Waals surface area contributed by atoms with E-state index >= 15 is 0 Å². The molecule has 0 aliphatic heterocycles.